The first-order valence-corrected chi connectivity index (χ1v) is 7.90. The number of amides is 1. The topological polar surface area (TPSA) is 29.1 Å². The molecular weight excluding hydrogens is 274 g/mol. The lowest BCUT2D eigenvalue weighted by Gasteiger charge is -2.21. The largest absolute Gasteiger partial charge is 0.356 e. The van der Waals surface area contributed by atoms with Crippen molar-refractivity contribution in [2.75, 3.05) is 23.4 Å². The zero-order valence-corrected chi connectivity index (χ0v) is 11.7. The maximum Gasteiger partial charge on any atom is 0.220 e. The predicted octanol–water partition coefficient (Wildman–Crippen LogP) is 2.67. The smallest absolute Gasteiger partial charge is 0.220 e. The van der Waals surface area contributed by atoms with Crippen molar-refractivity contribution < 1.29 is 4.79 Å². The number of alkyl halides is 1. The molecule has 1 unspecified atom stereocenters. The zero-order valence-electron chi connectivity index (χ0n) is 9.30. The summed E-state index contributed by atoms with van der Waals surface area (Å²) in [7, 11) is 0. The Morgan fingerprint density at radius 1 is 1.53 bits per heavy atom. The van der Waals surface area contributed by atoms with E-state index in [9.17, 15) is 4.79 Å². The molecule has 1 aliphatic rings. The minimum Gasteiger partial charge on any atom is -0.356 e. The lowest BCUT2D eigenvalue weighted by Crippen LogP contribution is -2.30. The summed E-state index contributed by atoms with van der Waals surface area (Å²) >= 11 is 5.42. The molecule has 2 nitrogen and oxygen atoms in total. The molecule has 1 atom stereocenters. The van der Waals surface area contributed by atoms with Crippen LogP contribution in [0.3, 0.4) is 0 Å². The van der Waals surface area contributed by atoms with Crippen LogP contribution in [0.25, 0.3) is 0 Å². The van der Waals surface area contributed by atoms with Crippen LogP contribution in [0.4, 0.5) is 0 Å². The van der Waals surface area contributed by atoms with Gasteiger partial charge in [0.25, 0.3) is 0 Å². The predicted molar refractivity (Wildman–Crippen MR) is 70.6 cm³/mol. The number of hydrogen-bond acceptors (Lipinski definition) is 2. The Bertz CT molecular complexity index is 195. The molecule has 1 heterocycles. The SMILES string of the molecule is CC(CBr)CNC(=O)CC1CCSCC1. The molecule has 0 aliphatic carbocycles. The Hall–Kier alpha value is 0.300. The van der Waals surface area contributed by atoms with Gasteiger partial charge in [0, 0.05) is 18.3 Å². The highest BCUT2D eigenvalue weighted by Crippen LogP contribution is 2.24. The third-order valence-electron chi connectivity index (χ3n) is 2.73. The normalized spacial score (nSPS) is 19.9. The van der Waals surface area contributed by atoms with Gasteiger partial charge in [-0.15, -0.1) is 0 Å². The van der Waals surface area contributed by atoms with E-state index in [2.05, 4.69) is 28.2 Å². The van der Waals surface area contributed by atoms with E-state index in [0.29, 0.717) is 11.8 Å². The van der Waals surface area contributed by atoms with Gasteiger partial charge in [0.15, 0.2) is 0 Å². The van der Waals surface area contributed by atoms with Crippen LogP contribution in [0.5, 0.6) is 0 Å². The first-order valence-electron chi connectivity index (χ1n) is 5.62. The molecule has 1 N–H and O–H groups in total. The minimum absolute atomic E-state index is 0.236. The van der Waals surface area contributed by atoms with E-state index in [1.54, 1.807) is 0 Å². The van der Waals surface area contributed by atoms with Gasteiger partial charge in [0.05, 0.1) is 0 Å². The molecule has 1 amide bonds. The first kappa shape index (κ1) is 13.4. The Morgan fingerprint density at radius 2 is 2.20 bits per heavy atom. The number of carbonyl (C=O) groups excluding carboxylic acids is 1. The molecule has 1 aliphatic heterocycles. The standard InChI is InChI=1S/C11H20BrNOS/c1-9(7-12)8-13-11(14)6-10-2-4-15-5-3-10/h9-10H,2-8H2,1H3,(H,13,14). The monoisotopic (exact) mass is 293 g/mol. The lowest BCUT2D eigenvalue weighted by atomic mass is 9.98. The maximum absolute atomic E-state index is 11.6. The molecule has 0 aromatic carbocycles. The fourth-order valence-corrected chi connectivity index (χ4v) is 3.06. The summed E-state index contributed by atoms with van der Waals surface area (Å²) in [6.07, 6.45) is 3.16. The highest BCUT2D eigenvalue weighted by molar-refractivity contribution is 9.09. The van der Waals surface area contributed by atoms with Gasteiger partial charge in [0.1, 0.15) is 0 Å². The molecule has 0 saturated carbocycles. The van der Waals surface area contributed by atoms with Gasteiger partial charge in [-0.05, 0) is 36.2 Å². The van der Waals surface area contributed by atoms with Crippen LogP contribution in [-0.2, 0) is 4.79 Å². The summed E-state index contributed by atoms with van der Waals surface area (Å²) < 4.78 is 0. The van der Waals surface area contributed by atoms with Gasteiger partial charge in [0.2, 0.25) is 5.91 Å². The van der Waals surface area contributed by atoms with Crippen molar-refractivity contribution in [3.05, 3.63) is 0 Å². The van der Waals surface area contributed by atoms with E-state index >= 15 is 0 Å². The van der Waals surface area contributed by atoms with Gasteiger partial charge in [-0.25, -0.2) is 0 Å². The quantitative estimate of drug-likeness (QED) is 0.790. The van der Waals surface area contributed by atoms with E-state index in [1.807, 2.05) is 11.8 Å². The van der Waals surface area contributed by atoms with Crippen molar-refractivity contribution in [3.8, 4) is 0 Å². The molecule has 0 spiro atoms. The number of halogens is 1. The Balaban J connectivity index is 2.11. The third kappa shape index (κ3) is 5.81. The Labute approximate surface area is 105 Å². The second kappa shape index (κ2) is 7.55. The number of nitrogens with one attached hydrogen (secondary N) is 1. The van der Waals surface area contributed by atoms with Gasteiger partial charge in [-0.3, -0.25) is 4.79 Å². The Kier molecular flexibility index (Phi) is 6.73. The molecule has 4 heteroatoms. The van der Waals surface area contributed by atoms with Gasteiger partial charge in [-0.2, -0.15) is 11.8 Å². The fourth-order valence-electron chi connectivity index (χ4n) is 1.63. The van der Waals surface area contributed by atoms with Crippen LogP contribution in [0.15, 0.2) is 0 Å². The summed E-state index contributed by atoms with van der Waals surface area (Å²) in [5.74, 6) is 3.85. The second-order valence-electron chi connectivity index (χ2n) is 4.32. The van der Waals surface area contributed by atoms with Crippen LogP contribution in [0, 0.1) is 11.8 Å². The summed E-state index contributed by atoms with van der Waals surface area (Å²) in [6, 6.07) is 0. The summed E-state index contributed by atoms with van der Waals surface area (Å²) in [6.45, 7) is 2.93. The Morgan fingerprint density at radius 3 is 2.80 bits per heavy atom. The van der Waals surface area contributed by atoms with Crippen molar-refractivity contribution in [1.82, 2.24) is 5.32 Å². The summed E-state index contributed by atoms with van der Waals surface area (Å²) in [4.78, 5) is 11.6. The minimum atomic E-state index is 0.236. The van der Waals surface area contributed by atoms with E-state index < -0.39 is 0 Å². The lowest BCUT2D eigenvalue weighted by molar-refractivity contribution is -0.122. The molecule has 0 radical (unpaired) electrons. The molecule has 15 heavy (non-hydrogen) atoms. The van der Waals surface area contributed by atoms with Crippen molar-refractivity contribution in [2.24, 2.45) is 11.8 Å². The summed E-state index contributed by atoms with van der Waals surface area (Å²) in [5.41, 5.74) is 0. The number of rotatable bonds is 5. The van der Waals surface area contributed by atoms with Crippen molar-refractivity contribution in [2.45, 2.75) is 26.2 Å². The average molecular weight is 294 g/mol. The van der Waals surface area contributed by atoms with Crippen LogP contribution in [-0.4, -0.2) is 29.3 Å². The molecule has 0 bridgehead atoms. The van der Waals surface area contributed by atoms with E-state index in [0.717, 1.165) is 18.3 Å². The maximum atomic E-state index is 11.6. The van der Waals surface area contributed by atoms with Gasteiger partial charge < -0.3 is 5.32 Å². The fraction of sp³-hybridized carbons (Fsp3) is 0.909. The molecule has 0 aromatic rings. The van der Waals surface area contributed by atoms with Gasteiger partial charge >= 0.3 is 0 Å². The molecule has 1 rings (SSSR count). The number of hydrogen-bond donors (Lipinski definition) is 1. The van der Waals surface area contributed by atoms with Gasteiger partial charge in [-0.1, -0.05) is 22.9 Å². The zero-order chi connectivity index (χ0) is 11.1. The van der Waals surface area contributed by atoms with Crippen LogP contribution < -0.4 is 5.32 Å². The number of carbonyl (C=O) groups is 1. The molecule has 0 aromatic heterocycles. The second-order valence-corrected chi connectivity index (χ2v) is 6.20. The average Bonchev–Trinajstić information content (AvgIpc) is 2.27. The molecule has 1 fully saturated rings. The van der Waals surface area contributed by atoms with E-state index in [1.165, 1.54) is 24.3 Å². The highest BCUT2D eigenvalue weighted by atomic mass is 79.9. The van der Waals surface area contributed by atoms with Crippen LogP contribution in [0.1, 0.15) is 26.2 Å². The summed E-state index contributed by atoms with van der Waals surface area (Å²) in [5, 5.41) is 3.96. The first-order chi connectivity index (χ1) is 7.22. The van der Waals surface area contributed by atoms with Crippen LogP contribution >= 0.6 is 27.7 Å². The highest BCUT2D eigenvalue weighted by Gasteiger charge is 2.17. The van der Waals surface area contributed by atoms with E-state index in [-0.39, 0.29) is 5.91 Å². The molecule has 1 saturated heterocycles. The molecule has 88 valence electrons. The van der Waals surface area contributed by atoms with Crippen molar-refractivity contribution in [3.63, 3.8) is 0 Å². The molecular formula is C11H20BrNOS. The van der Waals surface area contributed by atoms with Crippen molar-refractivity contribution in [1.29, 1.82) is 0 Å². The van der Waals surface area contributed by atoms with Crippen LogP contribution in [0.2, 0.25) is 0 Å². The third-order valence-corrected chi connectivity index (χ3v) is 4.88. The number of thioether (sulfide) groups is 1. The van der Waals surface area contributed by atoms with Crippen molar-refractivity contribution >= 4 is 33.6 Å². The van der Waals surface area contributed by atoms with E-state index in [4.69, 9.17) is 0 Å².